The van der Waals surface area contributed by atoms with Crippen molar-refractivity contribution in [1.29, 1.82) is 0 Å². The van der Waals surface area contributed by atoms with E-state index in [0.717, 1.165) is 33.9 Å². The van der Waals surface area contributed by atoms with Gasteiger partial charge in [-0.15, -0.1) is 11.3 Å². The van der Waals surface area contributed by atoms with Crippen molar-refractivity contribution in [3.8, 4) is 0 Å². The lowest BCUT2D eigenvalue weighted by atomic mass is 10.3. The zero-order chi connectivity index (χ0) is 14.1. The van der Waals surface area contributed by atoms with E-state index < -0.39 is 0 Å². The Kier molecular flexibility index (Phi) is 3.41. The van der Waals surface area contributed by atoms with E-state index >= 15 is 0 Å². The first kappa shape index (κ1) is 13.1. The molecule has 3 rings (SSSR count). The fourth-order valence-electron chi connectivity index (χ4n) is 2.32. The summed E-state index contributed by atoms with van der Waals surface area (Å²) in [6.45, 7) is 3.82. The summed E-state index contributed by atoms with van der Waals surface area (Å²) in [6.07, 6.45) is 0.895. The van der Waals surface area contributed by atoms with Gasteiger partial charge in [-0.25, -0.2) is 10.8 Å². The lowest BCUT2D eigenvalue weighted by Gasteiger charge is -2.21. The van der Waals surface area contributed by atoms with E-state index in [1.165, 1.54) is 0 Å². The van der Waals surface area contributed by atoms with E-state index in [9.17, 15) is 4.79 Å². The van der Waals surface area contributed by atoms with Crippen LogP contribution in [0.1, 0.15) is 11.3 Å². The van der Waals surface area contributed by atoms with Crippen molar-refractivity contribution < 1.29 is 4.79 Å². The number of nitrogens with zero attached hydrogens (tertiary/aromatic N) is 3. The highest BCUT2D eigenvalue weighted by Crippen LogP contribution is 2.31. The lowest BCUT2D eigenvalue weighted by Crippen LogP contribution is -2.33. The predicted molar refractivity (Wildman–Crippen MR) is 79.8 cm³/mol. The summed E-state index contributed by atoms with van der Waals surface area (Å²) in [5.74, 6) is 6.60. The molecule has 0 spiro atoms. The first-order valence-corrected chi connectivity index (χ1v) is 7.25. The first-order chi connectivity index (χ1) is 9.67. The molecule has 0 unspecified atom stereocenters. The average Bonchev–Trinajstić information content (AvgIpc) is 2.67. The Hall–Kier alpha value is -1.93. The maximum atomic E-state index is 11.7. The number of nitrogen functional groups attached to an aromatic ring is 1. The molecule has 7 nitrogen and oxygen atoms in total. The number of hydrogen-bond donors (Lipinski definition) is 3. The van der Waals surface area contributed by atoms with Gasteiger partial charge in [0.05, 0.1) is 11.9 Å². The van der Waals surface area contributed by atoms with Crippen LogP contribution in [-0.2, 0) is 4.79 Å². The normalized spacial score (nSPS) is 16.1. The van der Waals surface area contributed by atoms with E-state index in [1.807, 2.05) is 11.8 Å². The van der Waals surface area contributed by atoms with Gasteiger partial charge in [-0.1, -0.05) is 0 Å². The van der Waals surface area contributed by atoms with E-state index in [0.29, 0.717) is 19.0 Å². The zero-order valence-electron chi connectivity index (χ0n) is 11.1. The minimum Gasteiger partial charge on any atom is -0.354 e. The van der Waals surface area contributed by atoms with Crippen LogP contribution in [0.5, 0.6) is 0 Å². The van der Waals surface area contributed by atoms with Gasteiger partial charge in [0.15, 0.2) is 0 Å². The molecule has 0 saturated carbocycles. The maximum absolute atomic E-state index is 11.7. The second-order valence-corrected chi connectivity index (χ2v) is 5.95. The first-order valence-electron chi connectivity index (χ1n) is 6.44. The van der Waals surface area contributed by atoms with Gasteiger partial charge in [0, 0.05) is 18.0 Å². The van der Waals surface area contributed by atoms with Gasteiger partial charge in [0.2, 0.25) is 11.9 Å². The quantitative estimate of drug-likeness (QED) is 0.554. The van der Waals surface area contributed by atoms with Crippen molar-refractivity contribution in [2.45, 2.75) is 13.3 Å². The third-order valence-corrected chi connectivity index (χ3v) is 4.13. The average molecular weight is 292 g/mol. The number of carbonyl (C=O) groups is 1. The highest BCUT2D eigenvalue weighted by molar-refractivity contribution is 7.18. The topological polar surface area (TPSA) is 96.2 Å². The van der Waals surface area contributed by atoms with Crippen LogP contribution in [0.25, 0.3) is 10.2 Å². The molecule has 20 heavy (non-hydrogen) atoms. The number of thiophene rings is 1. The highest BCUT2D eigenvalue weighted by Gasteiger charge is 2.20. The second-order valence-electron chi connectivity index (χ2n) is 4.72. The van der Waals surface area contributed by atoms with Crippen LogP contribution in [0.4, 0.5) is 11.8 Å². The number of anilines is 2. The Morgan fingerprint density at radius 3 is 3.15 bits per heavy atom. The number of nitrogens with two attached hydrogens (primary N) is 1. The van der Waals surface area contributed by atoms with Crippen molar-refractivity contribution >= 4 is 39.2 Å². The van der Waals surface area contributed by atoms with Gasteiger partial charge in [-0.3, -0.25) is 10.2 Å². The molecule has 1 aliphatic heterocycles. The molecule has 0 aliphatic carbocycles. The Balaban J connectivity index is 2.10. The van der Waals surface area contributed by atoms with Crippen LogP contribution in [0.3, 0.4) is 0 Å². The zero-order valence-corrected chi connectivity index (χ0v) is 12.0. The molecule has 1 saturated heterocycles. The van der Waals surface area contributed by atoms with Gasteiger partial charge >= 0.3 is 0 Å². The molecule has 3 heterocycles. The molecular formula is C12H16N6OS. The number of nitrogens with one attached hydrogen (secondary N) is 2. The summed E-state index contributed by atoms with van der Waals surface area (Å²) < 4.78 is 0. The smallest absolute Gasteiger partial charge is 0.240 e. The summed E-state index contributed by atoms with van der Waals surface area (Å²) in [4.78, 5) is 24.5. The largest absolute Gasteiger partial charge is 0.354 e. The Morgan fingerprint density at radius 1 is 1.50 bits per heavy atom. The van der Waals surface area contributed by atoms with Gasteiger partial charge < -0.3 is 10.2 Å². The standard InChI is InChI=1S/C12H16N6OS/c1-7-5-8-10(15-12(17-13)16-11(8)20-7)18-4-2-3-14-9(19)6-18/h5H,2-4,6,13H2,1H3,(H,14,19)(H,15,16,17). The van der Waals surface area contributed by atoms with Crippen LogP contribution in [-0.4, -0.2) is 35.5 Å². The third-order valence-electron chi connectivity index (χ3n) is 3.19. The number of fused-ring (bicyclic) bond motifs is 1. The SMILES string of the molecule is Cc1cc2c(N3CCCNC(=O)C3)nc(NN)nc2s1. The van der Waals surface area contributed by atoms with Crippen molar-refractivity contribution in [1.82, 2.24) is 15.3 Å². The van der Waals surface area contributed by atoms with Gasteiger partial charge in [-0.05, 0) is 19.4 Å². The summed E-state index contributed by atoms with van der Waals surface area (Å²) in [7, 11) is 0. The second kappa shape index (κ2) is 5.22. The third kappa shape index (κ3) is 2.39. The molecule has 0 radical (unpaired) electrons. The van der Waals surface area contributed by atoms with Crippen molar-refractivity contribution in [3.05, 3.63) is 10.9 Å². The molecule has 1 aliphatic rings. The molecule has 2 aromatic heterocycles. The number of rotatable bonds is 2. The molecule has 1 fully saturated rings. The van der Waals surface area contributed by atoms with E-state index in [4.69, 9.17) is 5.84 Å². The monoisotopic (exact) mass is 292 g/mol. The maximum Gasteiger partial charge on any atom is 0.240 e. The summed E-state index contributed by atoms with van der Waals surface area (Å²) in [5.41, 5.74) is 2.49. The van der Waals surface area contributed by atoms with E-state index in [2.05, 4.69) is 26.8 Å². The fraction of sp³-hybridized carbons (Fsp3) is 0.417. The van der Waals surface area contributed by atoms with Crippen LogP contribution in [0.15, 0.2) is 6.07 Å². The molecule has 0 atom stereocenters. The minimum atomic E-state index is 0.0171. The van der Waals surface area contributed by atoms with E-state index in [-0.39, 0.29) is 5.91 Å². The summed E-state index contributed by atoms with van der Waals surface area (Å²) in [5, 5.41) is 3.84. The van der Waals surface area contributed by atoms with Gasteiger partial charge in [0.25, 0.3) is 0 Å². The van der Waals surface area contributed by atoms with E-state index in [1.54, 1.807) is 11.3 Å². The van der Waals surface area contributed by atoms with Gasteiger partial charge in [-0.2, -0.15) is 4.98 Å². The van der Waals surface area contributed by atoms with Crippen molar-refractivity contribution in [3.63, 3.8) is 0 Å². The minimum absolute atomic E-state index is 0.0171. The molecule has 106 valence electrons. The van der Waals surface area contributed by atoms with Crippen LogP contribution in [0.2, 0.25) is 0 Å². The van der Waals surface area contributed by atoms with Crippen molar-refractivity contribution in [2.75, 3.05) is 30.0 Å². The molecule has 0 aromatic carbocycles. The van der Waals surface area contributed by atoms with Gasteiger partial charge in [0.1, 0.15) is 10.6 Å². The number of aryl methyl sites for hydroxylation is 1. The molecule has 8 heteroatoms. The number of aromatic nitrogens is 2. The van der Waals surface area contributed by atoms with Crippen LogP contribution >= 0.6 is 11.3 Å². The predicted octanol–water partition coefficient (Wildman–Crippen LogP) is 0.612. The lowest BCUT2D eigenvalue weighted by molar-refractivity contribution is -0.119. The fourth-order valence-corrected chi connectivity index (χ4v) is 3.19. The molecule has 0 bridgehead atoms. The molecule has 4 N–H and O–H groups in total. The Bertz CT molecular complexity index is 655. The summed E-state index contributed by atoms with van der Waals surface area (Å²) >= 11 is 1.59. The number of amides is 1. The molecule has 1 amide bonds. The number of carbonyl (C=O) groups excluding carboxylic acids is 1. The molecule has 2 aromatic rings. The Morgan fingerprint density at radius 2 is 2.35 bits per heavy atom. The van der Waals surface area contributed by atoms with Crippen LogP contribution in [0, 0.1) is 6.92 Å². The number of hydrogen-bond acceptors (Lipinski definition) is 7. The van der Waals surface area contributed by atoms with Crippen LogP contribution < -0.4 is 21.5 Å². The number of hydrazine groups is 1. The van der Waals surface area contributed by atoms with Crippen molar-refractivity contribution in [2.24, 2.45) is 5.84 Å². The Labute approximate surface area is 120 Å². The summed E-state index contributed by atoms with van der Waals surface area (Å²) in [6, 6.07) is 2.05. The molecular weight excluding hydrogens is 276 g/mol. The highest BCUT2D eigenvalue weighted by atomic mass is 32.1.